The molecule has 0 spiro atoms. The maximum Gasteiger partial charge on any atom is 0.485 e. The number of para-hydroxylation sites is 2. The van der Waals surface area contributed by atoms with Gasteiger partial charge in [-0.3, -0.25) is 0 Å². The molecule has 2 aromatic carbocycles. The van der Waals surface area contributed by atoms with Crippen LogP contribution in [0.4, 0.5) is 26.3 Å². The average molecular weight is 418 g/mol. The van der Waals surface area contributed by atoms with Crippen LogP contribution in [0.15, 0.2) is 57.9 Å². The lowest BCUT2D eigenvalue weighted by atomic mass is 10.3. The Morgan fingerprint density at radius 1 is 0.885 bits per heavy atom. The van der Waals surface area contributed by atoms with Crippen molar-refractivity contribution in [3.05, 3.63) is 62.9 Å². The highest BCUT2D eigenvalue weighted by Crippen LogP contribution is 2.50. The number of alkyl halides is 6. The van der Waals surface area contributed by atoms with Crippen LogP contribution in [0.5, 0.6) is 5.75 Å². The van der Waals surface area contributed by atoms with Gasteiger partial charge in [0, 0.05) is 12.1 Å². The van der Waals surface area contributed by atoms with E-state index < -0.39 is 31.6 Å². The number of fused-ring (bicyclic) bond motifs is 2. The molecule has 3 rings (SSSR count). The van der Waals surface area contributed by atoms with Gasteiger partial charge in [0.05, 0.1) is 0 Å². The Kier molecular flexibility index (Phi) is 5.49. The fraction of sp³-hybridized carbons (Fsp3) is 0.143. The summed E-state index contributed by atoms with van der Waals surface area (Å²) >= 11 is 0. The normalized spacial score (nSPS) is 16.5. The van der Waals surface area contributed by atoms with Crippen LogP contribution in [0.1, 0.15) is 0 Å². The van der Waals surface area contributed by atoms with Crippen LogP contribution in [0.2, 0.25) is 0 Å². The summed E-state index contributed by atoms with van der Waals surface area (Å²) in [5.74, 6) is 0.289. The van der Waals surface area contributed by atoms with Gasteiger partial charge in [-0.05, 0) is 22.6 Å². The maximum absolute atomic E-state index is 13.3. The molecule has 0 aliphatic carbocycles. The average Bonchev–Trinajstić information content (AvgIpc) is 2.50. The molecule has 26 heavy (non-hydrogen) atoms. The smallest absolute Gasteiger partial charge is 0.485 e. The van der Waals surface area contributed by atoms with E-state index in [1.54, 1.807) is 36.4 Å². The fourth-order valence-electron chi connectivity index (χ4n) is 1.89. The van der Waals surface area contributed by atoms with Crippen LogP contribution in [-0.4, -0.2) is 24.0 Å². The van der Waals surface area contributed by atoms with Gasteiger partial charge >= 0.3 is 22.2 Å². The zero-order chi connectivity index (χ0) is 19.8. The molecule has 2 aromatic rings. The van der Waals surface area contributed by atoms with Gasteiger partial charge in [0.15, 0.2) is 10.1 Å². The molecule has 1 atom stereocenters. The summed E-state index contributed by atoms with van der Waals surface area (Å²) in [7, 11) is -8.03. The molecule has 0 N–H and O–H groups in total. The molecular weight excluding hydrogens is 410 g/mol. The Balaban J connectivity index is 0.000000260. The molecular formula is C14H8F6O4S2. The minimum atomic E-state index is -6.09. The summed E-state index contributed by atoms with van der Waals surface area (Å²) in [6, 6.07) is 12.6. The summed E-state index contributed by atoms with van der Waals surface area (Å²) in [6.45, 7) is 0. The molecule has 0 radical (unpaired) electrons. The Labute approximate surface area is 145 Å². The Morgan fingerprint density at radius 2 is 1.38 bits per heavy atom. The van der Waals surface area contributed by atoms with Crippen molar-refractivity contribution in [1.29, 1.82) is 0 Å². The quantitative estimate of drug-likeness (QED) is 0.212. The lowest BCUT2D eigenvalue weighted by Crippen LogP contribution is -2.21. The zero-order valence-electron chi connectivity index (χ0n) is 12.3. The number of halogens is 6. The summed E-state index contributed by atoms with van der Waals surface area (Å²) in [5, 5.41) is 0. The third-order valence-electron chi connectivity index (χ3n) is 2.87. The lowest BCUT2D eigenvalue weighted by Gasteiger charge is -2.13. The molecule has 1 aliphatic heterocycles. The minimum absolute atomic E-state index is 0.198. The molecule has 0 fully saturated rings. The molecule has 1 aliphatic rings. The molecule has 0 aromatic heterocycles. The zero-order valence-corrected chi connectivity index (χ0v) is 14.0. The van der Waals surface area contributed by atoms with Crippen molar-refractivity contribution >= 4 is 20.6 Å². The van der Waals surface area contributed by atoms with E-state index in [9.17, 15) is 26.3 Å². The van der Waals surface area contributed by atoms with Gasteiger partial charge in [0.1, 0.15) is 9.41 Å². The van der Waals surface area contributed by atoms with Crippen LogP contribution in [0.3, 0.4) is 0 Å². The van der Waals surface area contributed by atoms with Gasteiger partial charge < -0.3 is 4.55 Å². The predicted octanol–water partition coefficient (Wildman–Crippen LogP) is 4.18. The molecule has 4 nitrogen and oxygen atoms in total. The van der Waals surface area contributed by atoms with Crippen molar-refractivity contribution in [3.8, 4) is 5.75 Å². The molecule has 0 saturated heterocycles. The second-order valence-electron chi connectivity index (χ2n) is 4.65. The topological polar surface area (TPSA) is 68.5 Å². The molecule has 0 saturated carbocycles. The van der Waals surface area contributed by atoms with Crippen LogP contribution >= 0.6 is 10.5 Å². The van der Waals surface area contributed by atoms with Crippen molar-refractivity contribution in [3.63, 3.8) is 0 Å². The second-order valence-corrected chi connectivity index (χ2v) is 7.97. The largest absolute Gasteiger partial charge is 0.741 e. The number of benzene rings is 2. The van der Waals surface area contributed by atoms with E-state index in [0.29, 0.717) is 0 Å². The second kappa shape index (κ2) is 7.00. The molecule has 12 heteroatoms. The van der Waals surface area contributed by atoms with Crippen LogP contribution in [-0.2, 0) is 10.1 Å². The first-order valence-corrected chi connectivity index (χ1v) is 9.15. The highest BCUT2D eigenvalue weighted by atomic mass is 32.2. The van der Waals surface area contributed by atoms with Gasteiger partial charge in [-0.15, -0.1) is 0 Å². The number of hydrogen-bond donors (Lipinski definition) is 0. The van der Waals surface area contributed by atoms with E-state index in [2.05, 4.69) is 0 Å². The monoisotopic (exact) mass is 418 g/mol. The third-order valence-corrected chi connectivity index (χ3v) is 5.46. The van der Waals surface area contributed by atoms with Gasteiger partial charge in [-0.25, -0.2) is 12.8 Å². The van der Waals surface area contributed by atoms with E-state index in [0.717, 1.165) is 0 Å². The number of rotatable bonds is 0. The molecule has 1 heterocycles. The Bertz CT molecular complexity index is 1040. The van der Waals surface area contributed by atoms with Crippen molar-refractivity contribution in [2.24, 2.45) is 0 Å². The van der Waals surface area contributed by atoms with Crippen LogP contribution < -0.4 is 5.43 Å². The first-order chi connectivity index (χ1) is 11.8. The van der Waals surface area contributed by atoms with E-state index in [-0.39, 0.29) is 20.6 Å². The van der Waals surface area contributed by atoms with Gasteiger partial charge in [0.25, 0.3) is 0 Å². The van der Waals surface area contributed by atoms with E-state index in [4.69, 9.17) is 17.4 Å². The fourth-order valence-corrected chi connectivity index (χ4v) is 3.68. The van der Waals surface area contributed by atoms with Crippen molar-refractivity contribution < 1.29 is 39.3 Å². The molecule has 1 unspecified atom stereocenters. The van der Waals surface area contributed by atoms with E-state index in [1.807, 2.05) is 0 Å². The summed E-state index contributed by atoms with van der Waals surface area (Å²) < 4.78 is 104. The Hall–Kier alpha value is -1.92. The summed E-state index contributed by atoms with van der Waals surface area (Å²) in [6.07, 6.45) is 0. The third kappa shape index (κ3) is 4.43. The summed E-state index contributed by atoms with van der Waals surface area (Å²) in [5.41, 5.74) is -9.65. The van der Waals surface area contributed by atoms with Crippen LogP contribution in [0, 0.1) is 4.51 Å². The first-order valence-electron chi connectivity index (χ1n) is 6.51. The Morgan fingerprint density at radius 3 is 1.92 bits per heavy atom. The van der Waals surface area contributed by atoms with Crippen molar-refractivity contribution in [1.82, 2.24) is 0 Å². The van der Waals surface area contributed by atoms with E-state index >= 15 is 0 Å². The predicted molar refractivity (Wildman–Crippen MR) is 80.7 cm³/mol. The van der Waals surface area contributed by atoms with Crippen molar-refractivity contribution in [2.75, 3.05) is 0 Å². The number of hydrogen-bond acceptors (Lipinski definition) is 3. The lowest BCUT2D eigenvalue weighted by molar-refractivity contribution is -0.0518. The van der Waals surface area contributed by atoms with Gasteiger partial charge in [-0.2, -0.15) is 26.3 Å². The first kappa shape index (κ1) is 20.4. The highest BCUT2D eigenvalue weighted by molar-refractivity contribution is 8.10. The van der Waals surface area contributed by atoms with Gasteiger partial charge in [-0.1, -0.05) is 24.3 Å². The molecule has 0 bridgehead atoms. The SMILES string of the molecule is FC(F)(F)S1=c2ccccc2=[O+]c2ccccc21.O=S(=O)([O-])C(F)(F)F. The van der Waals surface area contributed by atoms with Crippen molar-refractivity contribution in [2.45, 2.75) is 15.9 Å². The minimum Gasteiger partial charge on any atom is -0.741 e. The summed E-state index contributed by atoms with van der Waals surface area (Å²) in [4.78, 5) is 0.198. The molecule has 0 amide bonds. The maximum atomic E-state index is 13.3. The highest BCUT2D eigenvalue weighted by Gasteiger charge is 2.40. The molecule has 142 valence electrons. The standard InChI is InChI=1S/C13H8F3OS.CHF3O3S/c14-13(15,16)18-11-7-3-1-5-9(11)17-10-6-2-4-8-12(10)18;2-1(3,4)8(5,6)7/h1-8H;(H,5,6,7)/q+1;/p-1. The van der Waals surface area contributed by atoms with Gasteiger partial charge in [0.2, 0.25) is 0 Å². The van der Waals surface area contributed by atoms with E-state index in [1.165, 1.54) is 12.1 Å². The van der Waals surface area contributed by atoms with Crippen LogP contribution in [0.25, 0.3) is 0 Å².